The molecular formula is C13H19F2NO. The topological polar surface area (TPSA) is 21.3 Å². The van der Waals surface area contributed by atoms with Crippen molar-refractivity contribution in [2.24, 2.45) is 0 Å². The Kier molecular flexibility index (Phi) is 6.08. The monoisotopic (exact) mass is 243 g/mol. The number of halogens is 2. The summed E-state index contributed by atoms with van der Waals surface area (Å²) < 4.78 is 32.0. The summed E-state index contributed by atoms with van der Waals surface area (Å²) in [5.74, 6) is -1.57. The zero-order chi connectivity index (χ0) is 12.7. The van der Waals surface area contributed by atoms with Crippen molar-refractivity contribution in [2.45, 2.75) is 26.3 Å². The van der Waals surface area contributed by atoms with E-state index in [-0.39, 0.29) is 6.04 Å². The van der Waals surface area contributed by atoms with Crippen molar-refractivity contribution in [2.75, 3.05) is 19.8 Å². The summed E-state index contributed by atoms with van der Waals surface area (Å²) >= 11 is 0. The van der Waals surface area contributed by atoms with Crippen LogP contribution in [0.2, 0.25) is 0 Å². The third-order valence-electron chi connectivity index (χ3n) is 2.56. The van der Waals surface area contributed by atoms with Crippen LogP contribution in [-0.4, -0.2) is 19.8 Å². The van der Waals surface area contributed by atoms with Crippen molar-refractivity contribution in [1.82, 2.24) is 5.32 Å². The molecule has 1 N–H and O–H groups in total. The number of hydrogen-bond acceptors (Lipinski definition) is 2. The second kappa shape index (κ2) is 7.35. The summed E-state index contributed by atoms with van der Waals surface area (Å²) in [4.78, 5) is 0. The minimum atomic E-state index is -0.804. The molecule has 0 saturated carbocycles. The molecule has 1 rings (SSSR count). The first-order valence-electron chi connectivity index (χ1n) is 5.95. The van der Waals surface area contributed by atoms with Gasteiger partial charge in [-0.15, -0.1) is 0 Å². The Hall–Kier alpha value is -1.00. The third kappa shape index (κ3) is 4.06. The maximum atomic E-state index is 13.6. The molecule has 17 heavy (non-hydrogen) atoms. The molecule has 0 radical (unpaired) electrons. The van der Waals surface area contributed by atoms with Gasteiger partial charge in [-0.3, -0.25) is 0 Å². The first-order chi connectivity index (χ1) is 8.20. The normalized spacial score (nSPS) is 12.7. The van der Waals surface area contributed by atoms with Crippen LogP contribution >= 0.6 is 0 Å². The van der Waals surface area contributed by atoms with Crippen LogP contribution in [0.25, 0.3) is 0 Å². The van der Waals surface area contributed by atoms with Crippen LogP contribution < -0.4 is 5.32 Å². The number of hydrogen-bond donors (Lipinski definition) is 1. The maximum Gasteiger partial charge on any atom is 0.163 e. The summed E-state index contributed by atoms with van der Waals surface area (Å²) in [5.41, 5.74) is 0.367. The van der Waals surface area contributed by atoms with Crippen LogP contribution in [0.4, 0.5) is 8.78 Å². The van der Waals surface area contributed by atoms with E-state index in [0.29, 0.717) is 31.7 Å². The van der Waals surface area contributed by atoms with Gasteiger partial charge in [0.15, 0.2) is 11.6 Å². The lowest BCUT2D eigenvalue weighted by Crippen LogP contribution is -2.23. The first-order valence-corrected chi connectivity index (χ1v) is 5.95. The first kappa shape index (κ1) is 14.1. The summed E-state index contributed by atoms with van der Waals surface area (Å²) in [6.45, 7) is 5.71. The highest BCUT2D eigenvalue weighted by atomic mass is 19.2. The van der Waals surface area contributed by atoms with Crippen molar-refractivity contribution in [3.63, 3.8) is 0 Å². The van der Waals surface area contributed by atoms with Gasteiger partial charge in [0.05, 0.1) is 0 Å². The Balaban J connectivity index is 2.77. The van der Waals surface area contributed by atoms with Crippen LogP contribution in [0.15, 0.2) is 18.2 Å². The van der Waals surface area contributed by atoms with Crippen LogP contribution in [0.1, 0.15) is 31.9 Å². The number of ether oxygens (including phenoxy) is 1. The van der Waals surface area contributed by atoms with Gasteiger partial charge in [-0.1, -0.05) is 19.1 Å². The van der Waals surface area contributed by atoms with E-state index in [1.165, 1.54) is 6.07 Å². The number of rotatable bonds is 7. The fourth-order valence-electron chi connectivity index (χ4n) is 1.75. The molecule has 0 aliphatic carbocycles. The van der Waals surface area contributed by atoms with Gasteiger partial charge in [0.2, 0.25) is 0 Å². The van der Waals surface area contributed by atoms with Crippen LogP contribution in [-0.2, 0) is 4.74 Å². The molecule has 96 valence electrons. The predicted molar refractivity (Wildman–Crippen MR) is 63.9 cm³/mol. The van der Waals surface area contributed by atoms with Crippen molar-refractivity contribution >= 4 is 0 Å². The highest BCUT2D eigenvalue weighted by Crippen LogP contribution is 2.22. The van der Waals surface area contributed by atoms with Gasteiger partial charge < -0.3 is 10.1 Å². The minimum Gasteiger partial charge on any atom is -0.382 e. The molecule has 0 saturated heterocycles. The van der Waals surface area contributed by atoms with E-state index in [0.717, 1.165) is 6.07 Å². The molecule has 0 fully saturated rings. The van der Waals surface area contributed by atoms with Gasteiger partial charge >= 0.3 is 0 Å². The third-order valence-corrected chi connectivity index (χ3v) is 2.56. The average molecular weight is 243 g/mol. The summed E-state index contributed by atoms with van der Waals surface area (Å²) in [7, 11) is 0. The Morgan fingerprint density at radius 2 is 2.06 bits per heavy atom. The molecule has 0 bridgehead atoms. The highest BCUT2D eigenvalue weighted by Gasteiger charge is 2.16. The molecule has 4 heteroatoms. The highest BCUT2D eigenvalue weighted by molar-refractivity contribution is 5.22. The maximum absolute atomic E-state index is 13.6. The van der Waals surface area contributed by atoms with Crippen LogP contribution in [0, 0.1) is 11.6 Å². The molecule has 0 amide bonds. The lowest BCUT2D eigenvalue weighted by Gasteiger charge is -2.19. The van der Waals surface area contributed by atoms with Crippen molar-refractivity contribution in [3.05, 3.63) is 35.4 Å². The molecule has 1 aromatic rings. The standard InChI is InChI=1S/C13H19F2NO/c1-3-16-12(8-9-17-4-2)10-6-5-7-11(14)13(10)15/h5-7,12,16H,3-4,8-9H2,1-2H3. The largest absolute Gasteiger partial charge is 0.382 e. The zero-order valence-corrected chi connectivity index (χ0v) is 10.3. The van der Waals surface area contributed by atoms with E-state index >= 15 is 0 Å². The summed E-state index contributed by atoms with van der Waals surface area (Å²) in [6.07, 6.45) is 0.627. The average Bonchev–Trinajstić information content (AvgIpc) is 2.32. The second-order valence-corrected chi connectivity index (χ2v) is 3.74. The van der Waals surface area contributed by atoms with Crippen molar-refractivity contribution in [3.8, 4) is 0 Å². The Bertz CT molecular complexity index is 344. The summed E-state index contributed by atoms with van der Waals surface area (Å²) in [6, 6.07) is 4.06. The van der Waals surface area contributed by atoms with E-state index in [1.54, 1.807) is 6.07 Å². The zero-order valence-electron chi connectivity index (χ0n) is 10.3. The van der Waals surface area contributed by atoms with Crippen LogP contribution in [0.3, 0.4) is 0 Å². The van der Waals surface area contributed by atoms with Gasteiger partial charge in [0.25, 0.3) is 0 Å². The molecule has 0 aliphatic heterocycles. The molecule has 1 aromatic carbocycles. The lowest BCUT2D eigenvalue weighted by molar-refractivity contribution is 0.136. The van der Waals surface area contributed by atoms with Gasteiger partial charge in [-0.25, -0.2) is 8.78 Å². The van der Waals surface area contributed by atoms with Gasteiger partial charge in [0, 0.05) is 24.8 Å². The minimum absolute atomic E-state index is 0.206. The second-order valence-electron chi connectivity index (χ2n) is 3.74. The number of nitrogens with one attached hydrogen (secondary N) is 1. The van der Waals surface area contributed by atoms with E-state index in [1.807, 2.05) is 13.8 Å². The Labute approximate surface area is 101 Å². The van der Waals surface area contributed by atoms with Gasteiger partial charge in [0.1, 0.15) is 0 Å². The van der Waals surface area contributed by atoms with Crippen molar-refractivity contribution < 1.29 is 13.5 Å². The molecule has 1 unspecified atom stereocenters. The quantitative estimate of drug-likeness (QED) is 0.743. The fourth-order valence-corrected chi connectivity index (χ4v) is 1.75. The fraction of sp³-hybridized carbons (Fsp3) is 0.538. The van der Waals surface area contributed by atoms with E-state index in [4.69, 9.17) is 4.74 Å². The summed E-state index contributed by atoms with van der Waals surface area (Å²) in [5, 5.41) is 3.14. The van der Waals surface area contributed by atoms with Crippen LogP contribution in [0.5, 0.6) is 0 Å². The van der Waals surface area contributed by atoms with Gasteiger partial charge in [-0.05, 0) is 26.0 Å². The molecule has 0 aliphatic rings. The lowest BCUT2D eigenvalue weighted by atomic mass is 10.0. The van der Waals surface area contributed by atoms with Crippen molar-refractivity contribution in [1.29, 1.82) is 0 Å². The molecule has 0 spiro atoms. The molecule has 0 heterocycles. The number of benzene rings is 1. The molecule has 2 nitrogen and oxygen atoms in total. The van der Waals surface area contributed by atoms with Gasteiger partial charge in [-0.2, -0.15) is 0 Å². The molecule has 0 aromatic heterocycles. The molecule has 1 atom stereocenters. The Morgan fingerprint density at radius 1 is 1.29 bits per heavy atom. The van der Waals surface area contributed by atoms with E-state index in [9.17, 15) is 8.78 Å². The Morgan fingerprint density at radius 3 is 2.71 bits per heavy atom. The molecular weight excluding hydrogens is 224 g/mol. The van der Waals surface area contributed by atoms with E-state index < -0.39 is 11.6 Å². The SMILES string of the molecule is CCNC(CCOCC)c1cccc(F)c1F. The smallest absolute Gasteiger partial charge is 0.163 e. The predicted octanol–water partition coefficient (Wildman–Crippen LogP) is 3.04. The van der Waals surface area contributed by atoms with E-state index in [2.05, 4.69) is 5.32 Å².